The van der Waals surface area contributed by atoms with Crippen LogP contribution in [0.5, 0.6) is 11.5 Å². The van der Waals surface area contributed by atoms with Crippen LogP contribution in [0.1, 0.15) is 30.4 Å². The first kappa shape index (κ1) is 17.8. The minimum Gasteiger partial charge on any atom is -0.456 e. The lowest BCUT2D eigenvalue weighted by molar-refractivity contribution is -0.119. The normalized spacial score (nSPS) is 14.0. The highest BCUT2D eigenvalue weighted by atomic mass is 16.5. The van der Waals surface area contributed by atoms with E-state index in [1.807, 2.05) is 47.2 Å². The fourth-order valence-electron chi connectivity index (χ4n) is 3.35. The Morgan fingerprint density at radius 1 is 1.18 bits per heavy atom. The lowest BCUT2D eigenvalue weighted by Gasteiger charge is -2.27. The molecule has 0 atom stereocenters. The molecule has 2 heterocycles. The van der Waals surface area contributed by atoms with Gasteiger partial charge in [-0.2, -0.15) is 5.26 Å². The number of carbonyl (C=O) groups excluding carboxylic acids is 1. The number of ether oxygens (including phenoxy) is 1. The Morgan fingerprint density at radius 3 is 2.89 bits per heavy atom. The van der Waals surface area contributed by atoms with Gasteiger partial charge in [0, 0.05) is 43.7 Å². The monoisotopic (exact) mass is 372 g/mol. The Labute approximate surface area is 163 Å². The lowest BCUT2D eigenvalue weighted by atomic mass is 10.1. The Kier molecular flexibility index (Phi) is 5.07. The van der Waals surface area contributed by atoms with Crippen molar-refractivity contribution in [3.63, 3.8) is 0 Å². The van der Waals surface area contributed by atoms with Crippen molar-refractivity contribution in [2.45, 2.75) is 25.8 Å². The van der Waals surface area contributed by atoms with Crippen molar-refractivity contribution in [1.82, 2.24) is 9.55 Å². The summed E-state index contributed by atoms with van der Waals surface area (Å²) in [4.78, 5) is 18.0. The van der Waals surface area contributed by atoms with Crippen LogP contribution in [0.3, 0.4) is 0 Å². The molecule has 3 aromatic rings. The molecule has 6 heteroatoms. The first-order valence-corrected chi connectivity index (χ1v) is 9.30. The van der Waals surface area contributed by atoms with Crippen LogP contribution in [0.25, 0.3) is 0 Å². The Morgan fingerprint density at radius 2 is 2.11 bits per heavy atom. The highest BCUT2D eigenvalue weighted by Gasteiger charge is 2.20. The maximum absolute atomic E-state index is 12.2. The number of amides is 1. The number of carbonyl (C=O) groups is 1. The predicted molar refractivity (Wildman–Crippen MR) is 105 cm³/mol. The molecule has 1 fully saturated rings. The summed E-state index contributed by atoms with van der Waals surface area (Å²) in [7, 11) is 0. The number of piperidine rings is 1. The number of hydrogen-bond acceptors (Lipinski definition) is 4. The second kappa shape index (κ2) is 7.97. The first-order valence-electron chi connectivity index (χ1n) is 9.30. The zero-order valence-electron chi connectivity index (χ0n) is 15.4. The topological polar surface area (TPSA) is 71.2 Å². The molecule has 4 rings (SSSR count). The maximum Gasteiger partial charge on any atom is 0.226 e. The highest BCUT2D eigenvalue weighted by Crippen LogP contribution is 2.30. The molecule has 1 aromatic heterocycles. The Hall–Kier alpha value is -3.59. The van der Waals surface area contributed by atoms with Crippen LogP contribution in [0.2, 0.25) is 0 Å². The molecule has 140 valence electrons. The number of benzene rings is 2. The van der Waals surface area contributed by atoms with Crippen LogP contribution in [-0.4, -0.2) is 22.0 Å². The second-order valence-corrected chi connectivity index (χ2v) is 6.78. The molecule has 1 aliphatic rings. The number of rotatable bonds is 5. The van der Waals surface area contributed by atoms with Crippen LogP contribution in [0.15, 0.2) is 61.2 Å². The molecule has 0 saturated carbocycles. The van der Waals surface area contributed by atoms with Crippen molar-refractivity contribution in [2.75, 3.05) is 11.4 Å². The fraction of sp³-hybridized carbons (Fsp3) is 0.227. The summed E-state index contributed by atoms with van der Waals surface area (Å²) in [6, 6.07) is 15.2. The summed E-state index contributed by atoms with van der Waals surface area (Å²) in [5, 5.41) is 9.44. The lowest BCUT2D eigenvalue weighted by Crippen LogP contribution is -2.35. The van der Waals surface area contributed by atoms with E-state index in [0.717, 1.165) is 30.6 Å². The van der Waals surface area contributed by atoms with E-state index in [1.54, 1.807) is 23.5 Å². The molecule has 0 unspecified atom stereocenters. The van der Waals surface area contributed by atoms with E-state index in [-0.39, 0.29) is 5.91 Å². The van der Waals surface area contributed by atoms with Crippen molar-refractivity contribution < 1.29 is 9.53 Å². The maximum atomic E-state index is 12.2. The molecule has 1 saturated heterocycles. The third-order valence-electron chi connectivity index (χ3n) is 4.77. The van der Waals surface area contributed by atoms with Crippen LogP contribution in [-0.2, 0) is 11.3 Å². The summed E-state index contributed by atoms with van der Waals surface area (Å²) in [5.41, 5.74) is 2.30. The van der Waals surface area contributed by atoms with Gasteiger partial charge >= 0.3 is 0 Å². The molecule has 28 heavy (non-hydrogen) atoms. The minimum absolute atomic E-state index is 0.142. The second-order valence-electron chi connectivity index (χ2n) is 6.78. The molecule has 1 aliphatic heterocycles. The van der Waals surface area contributed by atoms with Gasteiger partial charge in [0.05, 0.1) is 11.9 Å². The molecule has 6 nitrogen and oxygen atoms in total. The van der Waals surface area contributed by atoms with Crippen LogP contribution >= 0.6 is 0 Å². The summed E-state index contributed by atoms with van der Waals surface area (Å²) >= 11 is 0. The fourth-order valence-corrected chi connectivity index (χ4v) is 3.35. The average molecular weight is 372 g/mol. The van der Waals surface area contributed by atoms with Gasteiger partial charge in [0.2, 0.25) is 5.91 Å². The number of hydrogen-bond donors (Lipinski definition) is 0. The van der Waals surface area contributed by atoms with E-state index < -0.39 is 0 Å². The molecular formula is C22H20N4O2. The molecule has 0 spiro atoms. The van der Waals surface area contributed by atoms with Crippen molar-refractivity contribution in [3.05, 3.63) is 72.3 Å². The van der Waals surface area contributed by atoms with Gasteiger partial charge in [0.15, 0.2) is 0 Å². The molecule has 0 N–H and O–H groups in total. The quantitative estimate of drug-likeness (QED) is 0.676. The number of nitrogens with zero attached hydrogens (tertiary/aromatic N) is 4. The van der Waals surface area contributed by atoms with Crippen molar-refractivity contribution in [3.8, 4) is 17.6 Å². The van der Waals surface area contributed by atoms with Gasteiger partial charge < -0.3 is 14.2 Å². The van der Waals surface area contributed by atoms with E-state index in [9.17, 15) is 10.1 Å². The van der Waals surface area contributed by atoms with E-state index in [1.165, 1.54) is 0 Å². The molecule has 0 bridgehead atoms. The molecule has 0 radical (unpaired) electrons. The number of nitriles is 1. The zero-order chi connectivity index (χ0) is 19.3. The van der Waals surface area contributed by atoms with Gasteiger partial charge in [0.1, 0.15) is 17.6 Å². The largest absolute Gasteiger partial charge is 0.456 e. The summed E-state index contributed by atoms with van der Waals surface area (Å²) in [6.07, 6.45) is 7.90. The standard InChI is InChI=1S/C22H20N4O2/c23-14-18-8-7-17(15-25-11-9-24-16-25)12-21(18)28-20-5-3-4-19(13-20)26-10-2-1-6-22(26)27/h3-5,7-9,11-13,16H,1-2,6,10,15H2. The molecule has 2 aromatic carbocycles. The van der Waals surface area contributed by atoms with Crippen molar-refractivity contribution in [1.29, 1.82) is 5.26 Å². The van der Waals surface area contributed by atoms with Gasteiger partial charge in [-0.3, -0.25) is 4.79 Å². The van der Waals surface area contributed by atoms with Gasteiger partial charge in [-0.05, 0) is 42.7 Å². The summed E-state index contributed by atoms with van der Waals surface area (Å²) in [5.74, 6) is 1.25. The highest BCUT2D eigenvalue weighted by molar-refractivity contribution is 5.94. The van der Waals surface area contributed by atoms with Gasteiger partial charge in [-0.15, -0.1) is 0 Å². The summed E-state index contributed by atoms with van der Waals surface area (Å²) in [6.45, 7) is 1.37. The predicted octanol–water partition coefficient (Wildman–Crippen LogP) is 4.11. The smallest absolute Gasteiger partial charge is 0.226 e. The van der Waals surface area contributed by atoms with Crippen LogP contribution < -0.4 is 9.64 Å². The third-order valence-corrected chi connectivity index (χ3v) is 4.77. The van der Waals surface area contributed by atoms with Crippen molar-refractivity contribution in [2.24, 2.45) is 0 Å². The van der Waals surface area contributed by atoms with E-state index in [0.29, 0.717) is 30.0 Å². The third kappa shape index (κ3) is 3.89. The number of anilines is 1. The molecular weight excluding hydrogens is 352 g/mol. The van der Waals surface area contributed by atoms with Gasteiger partial charge in [0.25, 0.3) is 0 Å². The number of aromatic nitrogens is 2. The SMILES string of the molecule is N#Cc1ccc(Cn2ccnc2)cc1Oc1cccc(N2CCCCC2=O)c1. The zero-order valence-corrected chi connectivity index (χ0v) is 15.4. The first-order chi connectivity index (χ1) is 13.7. The molecule has 1 amide bonds. The van der Waals surface area contributed by atoms with E-state index in [2.05, 4.69) is 11.1 Å². The van der Waals surface area contributed by atoms with Crippen LogP contribution in [0.4, 0.5) is 5.69 Å². The van der Waals surface area contributed by atoms with Gasteiger partial charge in [-0.1, -0.05) is 12.1 Å². The van der Waals surface area contributed by atoms with Crippen molar-refractivity contribution >= 4 is 11.6 Å². The Bertz CT molecular complexity index is 1020. The van der Waals surface area contributed by atoms with E-state index >= 15 is 0 Å². The molecule has 0 aliphatic carbocycles. The van der Waals surface area contributed by atoms with E-state index in [4.69, 9.17) is 4.74 Å². The minimum atomic E-state index is 0.142. The summed E-state index contributed by atoms with van der Waals surface area (Å²) < 4.78 is 7.99. The number of imidazole rings is 1. The van der Waals surface area contributed by atoms with Gasteiger partial charge in [-0.25, -0.2) is 4.98 Å². The van der Waals surface area contributed by atoms with Crippen LogP contribution in [0, 0.1) is 11.3 Å². The Balaban J connectivity index is 1.59. The average Bonchev–Trinajstić information content (AvgIpc) is 3.22.